The van der Waals surface area contributed by atoms with E-state index in [0.29, 0.717) is 19.5 Å². The second-order valence-electron chi connectivity index (χ2n) is 7.18. The molecule has 0 bridgehead atoms. The lowest BCUT2D eigenvalue weighted by Crippen LogP contribution is -2.34. The van der Waals surface area contributed by atoms with Crippen molar-refractivity contribution in [2.75, 3.05) is 24.5 Å². The Morgan fingerprint density at radius 1 is 1.04 bits per heavy atom. The van der Waals surface area contributed by atoms with E-state index in [-0.39, 0.29) is 0 Å². The molecule has 1 fully saturated rings. The third kappa shape index (κ3) is 5.66. The van der Waals surface area contributed by atoms with Crippen LogP contribution in [0.5, 0.6) is 0 Å². The van der Waals surface area contributed by atoms with Crippen LogP contribution in [0.2, 0.25) is 0 Å². The topological polar surface area (TPSA) is 41.1 Å². The zero-order chi connectivity index (χ0) is 19.3. The van der Waals surface area contributed by atoms with E-state index in [1.807, 2.05) is 12.4 Å². The second-order valence-corrected chi connectivity index (χ2v) is 7.18. The highest BCUT2D eigenvalue weighted by molar-refractivity contribution is 5.30. The predicted molar refractivity (Wildman–Crippen MR) is 99.5 cm³/mol. The average molecular weight is 378 g/mol. The Morgan fingerprint density at radius 3 is 2.26 bits per heavy atom. The molecule has 0 atom stereocenters. The molecule has 1 aliphatic rings. The smallest absolute Gasteiger partial charge is 0.341 e. The standard InChI is InChI=1S/C20H25F3N4/c1-15-7-10-27(11-8-15)19-25-13-17(14-26-19)12-24-9-6-16-2-4-18(5-3-16)20(21,22)23/h2-5,13-15,24H,6-12H2,1H3. The Hall–Kier alpha value is -2.15. The van der Waals surface area contributed by atoms with E-state index in [4.69, 9.17) is 0 Å². The van der Waals surface area contributed by atoms with E-state index in [0.717, 1.165) is 48.2 Å². The second kappa shape index (κ2) is 8.69. The molecule has 3 rings (SSSR count). The van der Waals surface area contributed by atoms with Gasteiger partial charge < -0.3 is 10.2 Å². The summed E-state index contributed by atoms with van der Waals surface area (Å²) in [5.41, 5.74) is 1.26. The molecule has 1 aromatic carbocycles. The average Bonchev–Trinajstić information content (AvgIpc) is 2.66. The maximum Gasteiger partial charge on any atom is 0.416 e. The molecule has 0 spiro atoms. The zero-order valence-electron chi connectivity index (χ0n) is 15.5. The van der Waals surface area contributed by atoms with E-state index >= 15 is 0 Å². The summed E-state index contributed by atoms with van der Waals surface area (Å²) in [7, 11) is 0. The first kappa shape index (κ1) is 19.6. The van der Waals surface area contributed by atoms with Gasteiger partial charge in [0, 0.05) is 37.6 Å². The van der Waals surface area contributed by atoms with Gasteiger partial charge in [0.2, 0.25) is 5.95 Å². The minimum atomic E-state index is -4.28. The molecule has 0 amide bonds. The molecule has 2 heterocycles. The summed E-state index contributed by atoms with van der Waals surface area (Å²) in [6, 6.07) is 5.32. The Labute approximate surface area is 157 Å². The van der Waals surface area contributed by atoms with E-state index in [1.54, 1.807) is 0 Å². The fraction of sp³-hybridized carbons (Fsp3) is 0.500. The van der Waals surface area contributed by atoms with Gasteiger partial charge in [-0.15, -0.1) is 0 Å². The van der Waals surface area contributed by atoms with Gasteiger partial charge >= 0.3 is 6.18 Å². The van der Waals surface area contributed by atoms with Crippen molar-refractivity contribution in [1.82, 2.24) is 15.3 Å². The lowest BCUT2D eigenvalue weighted by Gasteiger charge is -2.30. The van der Waals surface area contributed by atoms with Gasteiger partial charge in [-0.3, -0.25) is 0 Å². The summed E-state index contributed by atoms with van der Waals surface area (Å²) < 4.78 is 37.7. The quantitative estimate of drug-likeness (QED) is 0.770. The molecule has 0 radical (unpaired) electrons. The third-order valence-electron chi connectivity index (χ3n) is 4.96. The van der Waals surface area contributed by atoms with Crippen molar-refractivity contribution in [3.63, 3.8) is 0 Å². The van der Waals surface area contributed by atoms with Gasteiger partial charge in [0.25, 0.3) is 0 Å². The van der Waals surface area contributed by atoms with Crippen LogP contribution in [-0.4, -0.2) is 29.6 Å². The van der Waals surface area contributed by atoms with Crippen LogP contribution in [0.4, 0.5) is 19.1 Å². The minimum Gasteiger partial charge on any atom is -0.341 e. The largest absolute Gasteiger partial charge is 0.416 e. The van der Waals surface area contributed by atoms with Gasteiger partial charge in [0.15, 0.2) is 0 Å². The van der Waals surface area contributed by atoms with Crippen molar-refractivity contribution in [1.29, 1.82) is 0 Å². The highest BCUT2D eigenvalue weighted by Gasteiger charge is 2.29. The SMILES string of the molecule is CC1CCN(c2ncc(CNCCc3ccc(C(F)(F)F)cc3)cn2)CC1. The van der Waals surface area contributed by atoms with Gasteiger partial charge in [0.05, 0.1) is 5.56 Å². The van der Waals surface area contributed by atoms with Gasteiger partial charge in [-0.1, -0.05) is 19.1 Å². The van der Waals surface area contributed by atoms with Gasteiger partial charge in [-0.05, 0) is 49.4 Å². The van der Waals surface area contributed by atoms with E-state index < -0.39 is 11.7 Å². The van der Waals surface area contributed by atoms with Gasteiger partial charge in [-0.25, -0.2) is 9.97 Å². The fourth-order valence-corrected chi connectivity index (χ4v) is 3.14. The number of nitrogens with zero attached hydrogens (tertiary/aromatic N) is 3. The van der Waals surface area contributed by atoms with Crippen molar-refractivity contribution in [2.45, 2.75) is 38.9 Å². The lowest BCUT2D eigenvalue weighted by molar-refractivity contribution is -0.137. The molecule has 1 saturated heterocycles. The molecule has 4 nitrogen and oxygen atoms in total. The van der Waals surface area contributed by atoms with Crippen molar-refractivity contribution in [3.05, 3.63) is 53.3 Å². The van der Waals surface area contributed by atoms with Crippen LogP contribution in [0.15, 0.2) is 36.7 Å². The monoisotopic (exact) mass is 378 g/mol. The number of hydrogen-bond donors (Lipinski definition) is 1. The summed E-state index contributed by atoms with van der Waals surface area (Å²) in [6.07, 6.45) is 2.42. The van der Waals surface area contributed by atoms with E-state index in [9.17, 15) is 13.2 Å². The number of anilines is 1. The normalized spacial score (nSPS) is 15.9. The van der Waals surface area contributed by atoms with Crippen molar-refractivity contribution >= 4 is 5.95 Å². The van der Waals surface area contributed by atoms with Crippen LogP contribution >= 0.6 is 0 Å². The lowest BCUT2D eigenvalue weighted by atomic mass is 10.00. The number of piperidine rings is 1. The molecular weight excluding hydrogens is 353 g/mol. The highest BCUT2D eigenvalue weighted by atomic mass is 19.4. The fourth-order valence-electron chi connectivity index (χ4n) is 3.14. The zero-order valence-corrected chi connectivity index (χ0v) is 15.5. The van der Waals surface area contributed by atoms with Gasteiger partial charge in [-0.2, -0.15) is 13.2 Å². The molecule has 0 saturated carbocycles. The van der Waals surface area contributed by atoms with Crippen molar-refractivity contribution < 1.29 is 13.2 Å². The van der Waals surface area contributed by atoms with Crippen molar-refractivity contribution in [2.24, 2.45) is 5.92 Å². The van der Waals surface area contributed by atoms with E-state index in [2.05, 4.69) is 27.1 Å². The highest BCUT2D eigenvalue weighted by Crippen LogP contribution is 2.29. The first-order chi connectivity index (χ1) is 12.9. The number of halogens is 3. The maximum atomic E-state index is 12.6. The summed E-state index contributed by atoms with van der Waals surface area (Å²) in [4.78, 5) is 11.2. The number of rotatable bonds is 6. The Balaban J connectivity index is 1.41. The molecule has 0 unspecified atom stereocenters. The van der Waals surface area contributed by atoms with Gasteiger partial charge in [0.1, 0.15) is 0 Å². The first-order valence-corrected chi connectivity index (χ1v) is 9.34. The first-order valence-electron chi connectivity index (χ1n) is 9.34. The number of nitrogens with one attached hydrogen (secondary N) is 1. The van der Waals surface area contributed by atoms with Crippen LogP contribution < -0.4 is 10.2 Å². The molecule has 7 heteroatoms. The Morgan fingerprint density at radius 2 is 1.67 bits per heavy atom. The van der Waals surface area contributed by atoms with Crippen LogP contribution in [0.3, 0.4) is 0 Å². The summed E-state index contributed by atoms with van der Waals surface area (Å²) in [5.74, 6) is 1.56. The summed E-state index contributed by atoms with van der Waals surface area (Å²) in [5, 5.41) is 3.28. The molecule has 1 aromatic heterocycles. The summed E-state index contributed by atoms with van der Waals surface area (Å²) in [6.45, 7) is 5.60. The van der Waals surface area contributed by atoms with Crippen LogP contribution in [-0.2, 0) is 19.1 Å². The molecule has 146 valence electrons. The number of hydrogen-bond acceptors (Lipinski definition) is 4. The number of alkyl halides is 3. The number of benzene rings is 1. The summed E-state index contributed by atoms with van der Waals surface area (Å²) >= 11 is 0. The molecular formula is C20H25F3N4. The minimum absolute atomic E-state index is 0.611. The third-order valence-corrected chi connectivity index (χ3v) is 4.96. The van der Waals surface area contributed by atoms with Crippen LogP contribution in [0.1, 0.15) is 36.5 Å². The maximum absolute atomic E-state index is 12.6. The van der Waals surface area contributed by atoms with Crippen LogP contribution in [0, 0.1) is 5.92 Å². The number of aromatic nitrogens is 2. The van der Waals surface area contributed by atoms with E-state index in [1.165, 1.54) is 25.0 Å². The Bertz CT molecular complexity index is 706. The van der Waals surface area contributed by atoms with Crippen molar-refractivity contribution in [3.8, 4) is 0 Å². The Kier molecular flexibility index (Phi) is 6.31. The molecule has 27 heavy (non-hydrogen) atoms. The molecule has 1 N–H and O–H groups in total. The molecule has 1 aliphatic heterocycles. The predicted octanol–water partition coefficient (Wildman–Crippen LogP) is 4.06. The molecule has 0 aliphatic carbocycles. The van der Waals surface area contributed by atoms with Crippen LogP contribution in [0.25, 0.3) is 0 Å². The molecule has 2 aromatic rings.